The Kier molecular flexibility index (Phi) is 4.14. The molecule has 0 saturated heterocycles. The lowest BCUT2D eigenvalue weighted by Crippen LogP contribution is -2.14. The molecule has 17 heavy (non-hydrogen) atoms. The number of nitrogen functional groups attached to an aromatic ring is 1. The van der Waals surface area contributed by atoms with Crippen LogP contribution in [0.4, 0.5) is 11.6 Å². The Morgan fingerprint density at radius 1 is 1.35 bits per heavy atom. The minimum absolute atomic E-state index is 0.732. The van der Waals surface area contributed by atoms with Gasteiger partial charge in [0.2, 0.25) is 0 Å². The standard InChI is InChI=1S/C12H21N5/c1-2-3-10-11(14-7-6-9-4-5-9)15-8-16-12(10)17-13/h8-9H,2-7,13H2,1H3,(H2,14,15,16,17). The summed E-state index contributed by atoms with van der Waals surface area (Å²) >= 11 is 0. The molecule has 4 N–H and O–H groups in total. The fourth-order valence-electron chi connectivity index (χ4n) is 1.98. The molecule has 0 bridgehead atoms. The van der Waals surface area contributed by atoms with Gasteiger partial charge in [-0.05, 0) is 18.8 Å². The summed E-state index contributed by atoms with van der Waals surface area (Å²) in [5.41, 5.74) is 3.73. The van der Waals surface area contributed by atoms with E-state index in [2.05, 4.69) is 27.6 Å². The van der Waals surface area contributed by atoms with Gasteiger partial charge >= 0.3 is 0 Å². The molecule has 1 aliphatic carbocycles. The fraction of sp³-hybridized carbons (Fsp3) is 0.667. The van der Waals surface area contributed by atoms with Crippen molar-refractivity contribution < 1.29 is 0 Å². The van der Waals surface area contributed by atoms with Crippen LogP contribution in [0.3, 0.4) is 0 Å². The van der Waals surface area contributed by atoms with Gasteiger partial charge in [-0.2, -0.15) is 0 Å². The maximum Gasteiger partial charge on any atom is 0.148 e. The Bertz CT molecular complexity index is 362. The summed E-state index contributed by atoms with van der Waals surface area (Å²) < 4.78 is 0. The van der Waals surface area contributed by atoms with Crippen LogP contribution in [0.2, 0.25) is 0 Å². The summed E-state index contributed by atoms with van der Waals surface area (Å²) in [7, 11) is 0. The first-order valence-corrected chi connectivity index (χ1v) is 6.39. The van der Waals surface area contributed by atoms with Gasteiger partial charge in [0.15, 0.2) is 0 Å². The average Bonchev–Trinajstić information content (AvgIpc) is 3.15. The van der Waals surface area contributed by atoms with E-state index in [4.69, 9.17) is 5.84 Å². The van der Waals surface area contributed by atoms with Crippen LogP contribution in [-0.4, -0.2) is 16.5 Å². The van der Waals surface area contributed by atoms with Crippen molar-refractivity contribution in [2.24, 2.45) is 11.8 Å². The van der Waals surface area contributed by atoms with Crippen LogP contribution in [-0.2, 0) is 6.42 Å². The smallest absolute Gasteiger partial charge is 0.148 e. The van der Waals surface area contributed by atoms with Crippen LogP contribution in [0.5, 0.6) is 0 Å². The Labute approximate surface area is 102 Å². The third-order valence-electron chi connectivity index (χ3n) is 3.12. The van der Waals surface area contributed by atoms with Crippen molar-refractivity contribution in [2.75, 3.05) is 17.3 Å². The second-order valence-electron chi connectivity index (χ2n) is 4.60. The number of aromatic nitrogens is 2. The number of nitrogens with one attached hydrogen (secondary N) is 2. The molecule has 5 nitrogen and oxygen atoms in total. The van der Waals surface area contributed by atoms with Gasteiger partial charge in [-0.15, -0.1) is 0 Å². The third kappa shape index (κ3) is 3.30. The lowest BCUT2D eigenvalue weighted by Gasteiger charge is -2.13. The summed E-state index contributed by atoms with van der Waals surface area (Å²) in [5.74, 6) is 8.06. The molecule has 0 amide bonds. The molecule has 94 valence electrons. The third-order valence-corrected chi connectivity index (χ3v) is 3.12. The fourth-order valence-corrected chi connectivity index (χ4v) is 1.98. The SMILES string of the molecule is CCCc1c(NN)ncnc1NCCC1CC1. The van der Waals surface area contributed by atoms with Crippen LogP contribution in [0.1, 0.15) is 38.2 Å². The topological polar surface area (TPSA) is 75.9 Å². The summed E-state index contributed by atoms with van der Waals surface area (Å²) in [6, 6.07) is 0. The minimum atomic E-state index is 0.732. The van der Waals surface area contributed by atoms with Crippen LogP contribution in [0.15, 0.2) is 6.33 Å². The number of nitrogens with two attached hydrogens (primary N) is 1. The van der Waals surface area contributed by atoms with Gasteiger partial charge in [0, 0.05) is 12.1 Å². The van der Waals surface area contributed by atoms with E-state index in [9.17, 15) is 0 Å². The lowest BCUT2D eigenvalue weighted by molar-refractivity contribution is 0.756. The highest BCUT2D eigenvalue weighted by Crippen LogP contribution is 2.32. The van der Waals surface area contributed by atoms with Crippen LogP contribution >= 0.6 is 0 Å². The van der Waals surface area contributed by atoms with E-state index in [0.717, 1.165) is 42.5 Å². The van der Waals surface area contributed by atoms with Gasteiger partial charge in [-0.1, -0.05) is 26.2 Å². The lowest BCUT2D eigenvalue weighted by atomic mass is 10.1. The number of hydrogen-bond acceptors (Lipinski definition) is 5. The number of hydrogen-bond donors (Lipinski definition) is 3. The molecule has 0 aliphatic heterocycles. The van der Waals surface area contributed by atoms with Gasteiger partial charge in [-0.3, -0.25) is 0 Å². The first-order chi connectivity index (χ1) is 8.35. The predicted molar refractivity (Wildman–Crippen MR) is 69.7 cm³/mol. The largest absolute Gasteiger partial charge is 0.370 e. The molecule has 2 rings (SSSR count). The molecular formula is C12H21N5. The van der Waals surface area contributed by atoms with Crippen molar-refractivity contribution in [3.05, 3.63) is 11.9 Å². The Morgan fingerprint density at radius 3 is 2.76 bits per heavy atom. The highest BCUT2D eigenvalue weighted by Gasteiger charge is 2.20. The van der Waals surface area contributed by atoms with Crippen molar-refractivity contribution in [1.82, 2.24) is 9.97 Å². The molecule has 0 radical (unpaired) electrons. The van der Waals surface area contributed by atoms with Crippen molar-refractivity contribution in [3.63, 3.8) is 0 Å². The van der Waals surface area contributed by atoms with E-state index in [1.807, 2.05) is 0 Å². The first-order valence-electron chi connectivity index (χ1n) is 6.39. The highest BCUT2D eigenvalue weighted by molar-refractivity contribution is 5.56. The number of anilines is 2. The van der Waals surface area contributed by atoms with Crippen molar-refractivity contribution in [2.45, 2.75) is 39.0 Å². The quantitative estimate of drug-likeness (QED) is 0.497. The normalized spacial score (nSPS) is 14.7. The van der Waals surface area contributed by atoms with Gasteiger partial charge in [-0.25, -0.2) is 15.8 Å². The van der Waals surface area contributed by atoms with Crippen molar-refractivity contribution >= 4 is 11.6 Å². The highest BCUT2D eigenvalue weighted by atomic mass is 15.3. The van der Waals surface area contributed by atoms with Crippen molar-refractivity contribution in [1.29, 1.82) is 0 Å². The summed E-state index contributed by atoms with van der Waals surface area (Å²) in [6.45, 7) is 3.13. The average molecular weight is 235 g/mol. The summed E-state index contributed by atoms with van der Waals surface area (Å²) in [5, 5.41) is 3.40. The first kappa shape index (κ1) is 12.1. The van der Waals surface area contributed by atoms with E-state index in [0.29, 0.717) is 0 Å². The number of hydrazine groups is 1. The molecular weight excluding hydrogens is 214 g/mol. The van der Waals surface area contributed by atoms with Crippen LogP contribution in [0, 0.1) is 5.92 Å². The summed E-state index contributed by atoms with van der Waals surface area (Å²) in [4.78, 5) is 8.45. The second kappa shape index (κ2) is 5.82. The molecule has 1 heterocycles. The van der Waals surface area contributed by atoms with Gasteiger partial charge in [0.05, 0.1) is 0 Å². The summed E-state index contributed by atoms with van der Waals surface area (Å²) in [6.07, 6.45) is 7.56. The predicted octanol–water partition coefficient (Wildman–Crippen LogP) is 1.93. The zero-order valence-corrected chi connectivity index (χ0v) is 10.4. The second-order valence-corrected chi connectivity index (χ2v) is 4.60. The van der Waals surface area contributed by atoms with Gasteiger partial charge in [0.1, 0.15) is 18.0 Å². The zero-order chi connectivity index (χ0) is 12.1. The molecule has 1 fully saturated rings. The molecule has 5 heteroatoms. The van der Waals surface area contributed by atoms with E-state index in [1.54, 1.807) is 6.33 Å². The molecule has 1 aromatic rings. The van der Waals surface area contributed by atoms with E-state index < -0.39 is 0 Å². The molecule has 1 saturated carbocycles. The molecule has 0 atom stereocenters. The Morgan fingerprint density at radius 2 is 2.12 bits per heavy atom. The molecule has 0 spiro atoms. The number of rotatable bonds is 7. The minimum Gasteiger partial charge on any atom is -0.370 e. The Balaban J connectivity index is 2.01. The van der Waals surface area contributed by atoms with Gasteiger partial charge < -0.3 is 10.7 Å². The number of nitrogens with zero attached hydrogens (tertiary/aromatic N) is 2. The molecule has 1 aliphatic rings. The molecule has 0 unspecified atom stereocenters. The van der Waals surface area contributed by atoms with E-state index >= 15 is 0 Å². The molecule has 1 aromatic heterocycles. The van der Waals surface area contributed by atoms with Crippen molar-refractivity contribution in [3.8, 4) is 0 Å². The van der Waals surface area contributed by atoms with Crippen LogP contribution < -0.4 is 16.6 Å². The molecule has 0 aromatic carbocycles. The van der Waals surface area contributed by atoms with E-state index in [-0.39, 0.29) is 0 Å². The monoisotopic (exact) mass is 235 g/mol. The van der Waals surface area contributed by atoms with E-state index in [1.165, 1.54) is 19.3 Å². The van der Waals surface area contributed by atoms with Gasteiger partial charge in [0.25, 0.3) is 0 Å². The zero-order valence-electron chi connectivity index (χ0n) is 10.4. The van der Waals surface area contributed by atoms with Crippen LogP contribution in [0.25, 0.3) is 0 Å². The maximum absolute atomic E-state index is 5.47. The maximum atomic E-state index is 5.47. The Hall–Kier alpha value is -1.36.